The summed E-state index contributed by atoms with van der Waals surface area (Å²) in [6, 6.07) is 0. The predicted molar refractivity (Wildman–Crippen MR) is 56.0 cm³/mol. The largest absolute Gasteiger partial charge is 0.316 e. The van der Waals surface area contributed by atoms with E-state index in [0.717, 1.165) is 8.58 Å². The first kappa shape index (κ1) is 11.4. The van der Waals surface area contributed by atoms with Crippen molar-refractivity contribution in [3.8, 4) is 0 Å². The fourth-order valence-corrected chi connectivity index (χ4v) is 2.60. The SMILES string of the molecule is CC.CPCC1(C)CCNC1. The van der Waals surface area contributed by atoms with Gasteiger partial charge in [0.05, 0.1) is 0 Å². The van der Waals surface area contributed by atoms with Crippen LogP contribution < -0.4 is 5.32 Å². The van der Waals surface area contributed by atoms with Gasteiger partial charge in [-0.05, 0) is 31.2 Å². The summed E-state index contributed by atoms with van der Waals surface area (Å²) in [6.07, 6.45) is 2.80. The zero-order chi connectivity index (χ0) is 8.74. The Labute approximate surface area is 73.1 Å². The molecule has 0 saturated carbocycles. The standard InChI is InChI=1S/C7H16NP.C2H6/c1-7(6-9-2)3-4-8-5-7;1-2/h8-9H,3-6H2,1-2H3;1-2H3. The van der Waals surface area contributed by atoms with Gasteiger partial charge >= 0.3 is 0 Å². The van der Waals surface area contributed by atoms with Gasteiger partial charge < -0.3 is 5.32 Å². The molecule has 1 aliphatic rings. The monoisotopic (exact) mass is 175 g/mol. The molecular weight excluding hydrogens is 153 g/mol. The maximum atomic E-state index is 3.40. The van der Waals surface area contributed by atoms with Gasteiger partial charge in [-0.1, -0.05) is 20.8 Å². The van der Waals surface area contributed by atoms with E-state index in [2.05, 4.69) is 18.9 Å². The minimum atomic E-state index is 0.646. The number of hydrogen-bond acceptors (Lipinski definition) is 1. The molecule has 1 saturated heterocycles. The second-order valence-corrected chi connectivity index (χ2v) is 4.33. The molecule has 0 radical (unpaired) electrons. The van der Waals surface area contributed by atoms with Gasteiger partial charge in [0.25, 0.3) is 0 Å². The van der Waals surface area contributed by atoms with Crippen LogP contribution in [0.3, 0.4) is 0 Å². The van der Waals surface area contributed by atoms with Crippen LogP contribution in [-0.2, 0) is 0 Å². The zero-order valence-electron chi connectivity index (χ0n) is 8.33. The van der Waals surface area contributed by atoms with Crippen molar-refractivity contribution < 1.29 is 0 Å². The fourth-order valence-electron chi connectivity index (χ4n) is 1.45. The quantitative estimate of drug-likeness (QED) is 0.635. The molecule has 11 heavy (non-hydrogen) atoms. The Kier molecular flexibility index (Phi) is 6.18. The first-order chi connectivity index (χ1) is 5.27. The van der Waals surface area contributed by atoms with E-state index in [-0.39, 0.29) is 0 Å². The molecule has 1 aliphatic heterocycles. The molecule has 1 N–H and O–H groups in total. The fraction of sp³-hybridized carbons (Fsp3) is 1.00. The van der Waals surface area contributed by atoms with Gasteiger partial charge in [-0.15, -0.1) is 8.58 Å². The van der Waals surface area contributed by atoms with Crippen LogP contribution in [0.4, 0.5) is 0 Å². The predicted octanol–water partition coefficient (Wildman–Crippen LogP) is 2.32. The molecule has 0 aliphatic carbocycles. The second kappa shape index (κ2) is 5.97. The molecule has 0 amide bonds. The first-order valence-corrected chi connectivity index (χ1v) is 6.33. The van der Waals surface area contributed by atoms with Gasteiger partial charge in [-0.2, -0.15) is 0 Å². The Balaban J connectivity index is 0.000000461. The number of nitrogens with one attached hydrogen (secondary N) is 1. The Morgan fingerprint density at radius 2 is 2.09 bits per heavy atom. The van der Waals surface area contributed by atoms with Crippen LogP contribution in [0.1, 0.15) is 27.2 Å². The van der Waals surface area contributed by atoms with Crippen molar-refractivity contribution in [1.29, 1.82) is 0 Å². The molecule has 1 nitrogen and oxygen atoms in total. The Morgan fingerprint density at radius 3 is 2.45 bits per heavy atom. The molecule has 2 heteroatoms. The van der Waals surface area contributed by atoms with Gasteiger partial charge in [0.1, 0.15) is 0 Å². The summed E-state index contributed by atoms with van der Waals surface area (Å²) in [5.74, 6) is 0. The van der Waals surface area contributed by atoms with Crippen LogP contribution in [0.2, 0.25) is 0 Å². The lowest BCUT2D eigenvalue weighted by Gasteiger charge is -2.20. The van der Waals surface area contributed by atoms with Gasteiger partial charge in [-0.3, -0.25) is 0 Å². The molecular formula is C9H22NP. The highest BCUT2D eigenvalue weighted by Crippen LogP contribution is 2.29. The Bertz CT molecular complexity index is 87.6. The maximum Gasteiger partial charge on any atom is 0.000893 e. The normalized spacial score (nSPS) is 30.5. The highest BCUT2D eigenvalue weighted by molar-refractivity contribution is 7.37. The van der Waals surface area contributed by atoms with Crippen molar-refractivity contribution in [1.82, 2.24) is 5.32 Å². The zero-order valence-corrected chi connectivity index (χ0v) is 9.33. The van der Waals surface area contributed by atoms with E-state index in [4.69, 9.17) is 0 Å². The molecule has 0 aromatic rings. The average Bonchev–Trinajstić information content (AvgIpc) is 2.41. The number of hydrogen-bond donors (Lipinski definition) is 1. The van der Waals surface area contributed by atoms with Crippen LogP contribution in [0.25, 0.3) is 0 Å². The summed E-state index contributed by atoms with van der Waals surface area (Å²) in [5.41, 5.74) is 0.646. The topological polar surface area (TPSA) is 12.0 Å². The van der Waals surface area contributed by atoms with Crippen LogP contribution in [0.15, 0.2) is 0 Å². The third-order valence-corrected chi connectivity index (χ3v) is 3.27. The van der Waals surface area contributed by atoms with Crippen molar-refractivity contribution in [3.05, 3.63) is 0 Å². The van der Waals surface area contributed by atoms with E-state index < -0.39 is 0 Å². The van der Waals surface area contributed by atoms with Crippen molar-refractivity contribution >= 4 is 8.58 Å². The molecule has 0 aromatic heterocycles. The van der Waals surface area contributed by atoms with Crippen LogP contribution in [-0.4, -0.2) is 25.9 Å². The summed E-state index contributed by atoms with van der Waals surface area (Å²) in [6.45, 7) is 11.2. The summed E-state index contributed by atoms with van der Waals surface area (Å²) in [7, 11) is 1.12. The minimum absolute atomic E-state index is 0.646. The lowest BCUT2D eigenvalue weighted by Crippen LogP contribution is -2.21. The van der Waals surface area contributed by atoms with Crippen molar-refractivity contribution in [2.45, 2.75) is 27.2 Å². The van der Waals surface area contributed by atoms with Crippen molar-refractivity contribution in [3.63, 3.8) is 0 Å². The van der Waals surface area contributed by atoms with Gasteiger partial charge in [0.15, 0.2) is 0 Å². The molecule has 1 heterocycles. The van der Waals surface area contributed by atoms with Gasteiger partial charge in [-0.25, -0.2) is 0 Å². The summed E-state index contributed by atoms with van der Waals surface area (Å²) >= 11 is 0. The Morgan fingerprint density at radius 1 is 1.45 bits per heavy atom. The van der Waals surface area contributed by atoms with Crippen LogP contribution in [0, 0.1) is 5.41 Å². The molecule has 1 rings (SSSR count). The van der Waals surface area contributed by atoms with E-state index in [1.54, 1.807) is 0 Å². The smallest absolute Gasteiger partial charge is 0.000893 e. The first-order valence-electron chi connectivity index (χ1n) is 4.62. The van der Waals surface area contributed by atoms with Gasteiger partial charge in [0.2, 0.25) is 0 Å². The maximum absolute atomic E-state index is 3.40. The molecule has 0 spiro atoms. The van der Waals surface area contributed by atoms with Crippen LogP contribution in [0.5, 0.6) is 0 Å². The van der Waals surface area contributed by atoms with E-state index in [1.165, 1.54) is 25.7 Å². The minimum Gasteiger partial charge on any atom is -0.316 e. The van der Waals surface area contributed by atoms with E-state index >= 15 is 0 Å². The molecule has 2 atom stereocenters. The highest BCUT2D eigenvalue weighted by atomic mass is 31.1. The third-order valence-electron chi connectivity index (χ3n) is 2.06. The second-order valence-electron chi connectivity index (χ2n) is 3.27. The molecule has 0 aromatic carbocycles. The summed E-state index contributed by atoms with van der Waals surface area (Å²) in [4.78, 5) is 0. The van der Waals surface area contributed by atoms with Crippen LogP contribution >= 0.6 is 8.58 Å². The Hall–Kier alpha value is 0.390. The molecule has 68 valence electrons. The lowest BCUT2D eigenvalue weighted by atomic mass is 9.93. The third kappa shape index (κ3) is 4.08. The summed E-state index contributed by atoms with van der Waals surface area (Å²) in [5, 5.41) is 3.40. The molecule has 2 unspecified atom stereocenters. The van der Waals surface area contributed by atoms with E-state index in [9.17, 15) is 0 Å². The van der Waals surface area contributed by atoms with Crippen molar-refractivity contribution in [2.24, 2.45) is 5.41 Å². The molecule has 0 bridgehead atoms. The lowest BCUT2D eigenvalue weighted by molar-refractivity contribution is 0.422. The highest BCUT2D eigenvalue weighted by Gasteiger charge is 2.26. The van der Waals surface area contributed by atoms with Crippen molar-refractivity contribution in [2.75, 3.05) is 25.9 Å². The van der Waals surface area contributed by atoms with E-state index in [1.807, 2.05) is 13.8 Å². The molecule has 1 fully saturated rings. The van der Waals surface area contributed by atoms with E-state index in [0.29, 0.717) is 5.41 Å². The van der Waals surface area contributed by atoms with Gasteiger partial charge in [0, 0.05) is 6.54 Å². The average molecular weight is 175 g/mol. The summed E-state index contributed by atoms with van der Waals surface area (Å²) < 4.78 is 0. The number of rotatable bonds is 2.